The maximum atomic E-state index is 12.6. The zero-order chi connectivity index (χ0) is 21.0. The number of nitrogens with zero attached hydrogens (tertiary/aromatic N) is 2. The van der Waals surface area contributed by atoms with Gasteiger partial charge in [0.05, 0.1) is 23.7 Å². The molecule has 3 rings (SSSR count). The minimum Gasteiger partial charge on any atom is -0.478 e. The van der Waals surface area contributed by atoms with Crippen molar-refractivity contribution in [3.63, 3.8) is 0 Å². The minimum atomic E-state index is -0.838. The number of rotatable bonds is 6. The molecule has 0 aliphatic carbocycles. The molecule has 2 aromatic carbocycles. The molecule has 1 atom stereocenters. The summed E-state index contributed by atoms with van der Waals surface area (Å²) < 4.78 is 12.1. The van der Waals surface area contributed by atoms with Crippen molar-refractivity contribution >= 4 is 39.0 Å². The number of H-pyrrole nitrogens is 1. The number of ether oxygens (including phenoxy) is 2. The molecule has 0 saturated heterocycles. The number of esters is 1. The second-order valence-electron chi connectivity index (χ2n) is 6.03. The first-order chi connectivity index (χ1) is 13.9. The van der Waals surface area contributed by atoms with Crippen molar-refractivity contribution < 1.29 is 14.3 Å². The number of aromatic nitrogens is 2. The van der Waals surface area contributed by atoms with Crippen molar-refractivity contribution in [3.05, 3.63) is 73.3 Å². The van der Waals surface area contributed by atoms with E-state index < -0.39 is 23.3 Å². The van der Waals surface area contributed by atoms with E-state index in [4.69, 9.17) is 9.47 Å². The lowest BCUT2D eigenvalue weighted by Crippen LogP contribution is -2.32. The Labute approximate surface area is 173 Å². The molecule has 1 heterocycles. The Bertz CT molecular complexity index is 1200. The SMILES string of the molecule is CCOC(=O)[C@@H](C)Oc1ccc(Br)cc1C=Nn1c(=O)[nH]c2ccccc2c1=O. The highest BCUT2D eigenvalue weighted by Gasteiger charge is 2.17. The number of hydrogen-bond donors (Lipinski definition) is 1. The van der Waals surface area contributed by atoms with E-state index in [0.29, 0.717) is 22.2 Å². The zero-order valence-electron chi connectivity index (χ0n) is 15.7. The second kappa shape index (κ2) is 8.87. The quantitative estimate of drug-likeness (QED) is 0.450. The molecular formula is C20H18BrN3O5. The first-order valence-electron chi connectivity index (χ1n) is 8.82. The van der Waals surface area contributed by atoms with E-state index in [1.807, 2.05) is 0 Å². The summed E-state index contributed by atoms with van der Waals surface area (Å²) in [6, 6.07) is 11.7. The molecule has 29 heavy (non-hydrogen) atoms. The van der Waals surface area contributed by atoms with Crippen LogP contribution in [0.25, 0.3) is 10.9 Å². The average Bonchev–Trinajstić information content (AvgIpc) is 2.69. The van der Waals surface area contributed by atoms with E-state index in [1.165, 1.54) is 6.21 Å². The van der Waals surface area contributed by atoms with E-state index in [0.717, 1.165) is 9.15 Å². The fraction of sp³-hybridized carbons (Fsp3) is 0.200. The van der Waals surface area contributed by atoms with Crippen molar-refractivity contribution in [2.24, 2.45) is 5.10 Å². The smallest absolute Gasteiger partial charge is 0.349 e. The van der Waals surface area contributed by atoms with Crippen LogP contribution in [0.3, 0.4) is 0 Å². The van der Waals surface area contributed by atoms with Crippen molar-refractivity contribution in [1.29, 1.82) is 0 Å². The van der Waals surface area contributed by atoms with Crippen LogP contribution in [0.5, 0.6) is 5.75 Å². The van der Waals surface area contributed by atoms with Gasteiger partial charge in [0, 0.05) is 10.0 Å². The summed E-state index contributed by atoms with van der Waals surface area (Å²) in [5.41, 5.74) is -0.307. The van der Waals surface area contributed by atoms with Gasteiger partial charge in [0.2, 0.25) is 0 Å². The normalized spacial score (nSPS) is 12.2. The fourth-order valence-electron chi connectivity index (χ4n) is 2.60. The predicted octanol–water partition coefficient (Wildman–Crippen LogP) is 2.66. The zero-order valence-corrected chi connectivity index (χ0v) is 17.3. The molecule has 0 fully saturated rings. The Morgan fingerprint density at radius 2 is 2.03 bits per heavy atom. The van der Waals surface area contributed by atoms with E-state index in [1.54, 1.807) is 56.3 Å². The van der Waals surface area contributed by atoms with Crippen molar-refractivity contribution in [3.8, 4) is 5.75 Å². The third-order valence-electron chi connectivity index (χ3n) is 3.99. The molecule has 8 nitrogen and oxygen atoms in total. The molecule has 0 bridgehead atoms. The molecule has 0 spiro atoms. The maximum absolute atomic E-state index is 12.6. The van der Waals surface area contributed by atoms with Crippen LogP contribution in [0.15, 0.2) is 61.6 Å². The van der Waals surface area contributed by atoms with Gasteiger partial charge in [0.25, 0.3) is 5.56 Å². The van der Waals surface area contributed by atoms with Gasteiger partial charge in [-0.1, -0.05) is 28.1 Å². The van der Waals surface area contributed by atoms with Crippen LogP contribution in [0.2, 0.25) is 0 Å². The van der Waals surface area contributed by atoms with E-state index in [-0.39, 0.29) is 6.61 Å². The molecular weight excluding hydrogens is 442 g/mol. The number of benzene rings is 2. The highest BCUT2D eigenvalue weighted by molar-refractivity contribution is 9.10. The summed E-state index contributed by atoms with van der Waals surface area (Å²) in [4.78, 5) is 39.3. The van der Waals surface area contributed by atoms with Gasteiger partial charge in [-0.15, -0.1) is 4.68 Å². The van der Waals surface area contributed by atoms with E-state index in [2.05, 4.69) is 26.0 Å². The molecule has 0 aliphatic rings. The Kier molecular flexibility index (Phi) is 6.28. The number of aromatic amines is 1. The summed E-state index contributed by atoms with van der Waals surface area (Å²) in [5.74, 6) is -0.150. The van der Waals surface area contributed by atoms with Crippen LogP contribution in [-0.4, -0.2) is 34.6 Å². The largest absolute Gasteiger partial charge is 0.478 e. The lowest BCUT2D eigenvalue weighted by Gasteiger charge is -2.15. The topological polar surface area (TPSA) is 103 Å². The van der Waals surface area contributed by atoms with E-state index in [9.17, 15) is 14.4 Å². The standard InChI is InChI=1S/C20H18BrN3O5/c1-3-28-19(26)12(2)29-17-9-8-14(21)10-13(17)11-22-24-18(25)15-6-4-5-7-16(15)23-20(24)27/h4-12H,3H2,1-2H3,(H,23,27)/t12-/m1/s1. The number of carbonyl (C=O) groups excluding carboxylic acids is 1. The monoisotopic (exact) mass is 459 g/mol. The Hall–Kier alpha value is -3.20. The van der Waals surface area contributed by atoms with E-state index >= 15 is 0 Å². The summed E-state index contributed by atoms with van der Waals surface area (Å²) in [7, 11) is 0. The number of hydrogen-bond acceptors (Lipinski definition) is 6. The third kappa shape index (κ3) is 4.62. The lowest BCUT2D eigenvalue weighted by atomic mass is 10.2. The Morgan fingerprint density at radius 1 is 1.28 bits per heavy atom. The number of fused-ring (bicyclic) bond motifs is 1. The molecule has 0 amide bonds. The van der Waals surface area contributed by atoms with Gasteiger partial charge in [-0.3, -0.25) is 4.79 Å². The fourth-order valence-corrected chi connectivity index (χ4v) is 2.98. The summed E-state index contributed by atoms with van der Waals surface area (Å²) in [5, 5.41) is 4.37. The summed E-state index contributed by atoms with van der Waals surface area (Å²) in [6.07, 6.45) is 0.485. The molecule has 0 saturated carbocycles. The number of halogens is 1. The molecule has 0 unspecified atom stereocenters. The molecule has 1 aromatic heterocycles. The van der Waals surface area contributed by atoms with Crippen LogP contribution in [0, 0.1) is 0 Å². The predicted molar refractivity (Wildman–Crippen MR) is 113 cm³/mol. The average molecular weight is 460 g/mol. The highest BCUT2D eigenvalue weighted by Crippen LogP contribution is 2.23. The van der Waals surface area contributed by atoms with Crippen LogP contribution in [0.4, 0.5) is 0 Å². The Balaban J connectivity index is 1.98. The first kappa shape index (κ1) is 20.5. The van der Waals surface area contributed by atoms with Gasteiger partial charge >= 0.3 is 11.7 Å². The summed E-state index contributed by atoms with van der Waals surface area (Å²) >= 11 is 3.36. The molecule has 1 N–H and O–H groups in total. The van der Waals surface area contributed by atoms with Crippen LogP contribution < -0.4 is 16.0 Å². The van der Waals surface area contributed by atoms with Gasteiger partial charge in [-0.2, -0.15) is 5.10 Å². The molecule has 150 valence electrons. The highest BCUT2D eigenvalue weighted by atomic mass is 79.9. The van der Waals surface area contributed by atoms with Gasteiger partial charge in [0.1, 0.15) is 5.75 Å². The van der Waals surface area contributed by atoms with Crippen molar-refractivity contribution in [1.82, 2.24) is 9.66 Å². The van der Waals surface area contributed by atoms with Crippen molar-refractivity contribution in [2.75, 3.05) is 6.61 Å². The van der Waals surface area contributed by atoms with Crippen LogP contribution >= 0.6 is 15.9 Å². The van der Waals surface area contributed by atoms with Crippen molar-refractivity contribution in [2.45, 2.75) is 20.0 Å². The van der Waals surface area contributed by atoms with Crippen LogP contribution in [-0.2, 0) is 9.53 Å². The minimum absolute atomic E-state index is 0.245. The van der Waals surface area contributed by atoms with Gasteiger partial charge in [-0.25, -0.2) is 9.59 Å². The molecule has 0 radical (unpaired) electrons. The lowest BCUT2D eigenvalue weighted by molar-refractivity contribution is -0.150. The van der Waals surface area contributed by atoms with Gasteiger partial charge in [-0.05, 0) is 44.2 Å². The third-order valence-corrected chi connectivity index (χ3v) is 4.48. The number of para-hydroxylation sites is 1. The van der Waals surface area contributed by atoms with Crippen LogP contribution in [0.1, 0.15) is 19.4 Å². The summed E-state index contributed by atoms with van der Waals surface area (Å²) in [6.45, 7) is 3.52. The van der Waals surface area contributed by atoms with Gasteiger partial charge in [0.15, 0.2) is 6.10 Å². The van der Waals surface area contributed by atoms with Gasteiger partial charge < -0.3 is 14.5 Å². The maximum Gasteiger partial charge on any atom is 0.349 e. The molecule has 9 heteroatoms. The second-order valence-corrected chi connectivity index (χ2v) is 6.95. The number of nitrogens with one attached hydrogen (secondary N) is 1. The Morgan fingerprint density at radius 3 is 2.79 bits per heavy atom. The molecule has 3 aromatic rings. The molecule has 0 aliphatic heterocycles. The number of carbonyl (C=O) groups is 1. The first-order valence-corrected chi connectivity index (χ1v) is 9.61.